The molecule has 3 aromatic carbocycles. The fourth-order valence-electron chi connectivity index (χ4n) is 3.37. The summed E-state index contributed by atoms with van der Waals surface area (Å²) < 4.78 is 33.5. The summed E-state index contributed by atoms with van der Waals surface area (Å²) in [5.41, 5.74) is 4.95. The molecule has 168 valence electrons. The number of carbonyl (C=O) groups is 1. The molecule has 0 radical (unpaired) electrons. The predicted octanol–water partition coefficient (Wildman–Crippen LogP) is 4.39. The number of anilines is 1. The van der Waals surface area contributed by atoms with Crippen LogP contribution in [0, 0.1) is 20.8 Å². The van der Waals surface area contributed by atoms with Gasteiger partial charge in [0.05, 0.1) is 17.7 Å². The average Bonchev–Trinajstić information content (AvgIpc) is 2.77. The Hall–Kier alpha value is -3.32. The maximum Gasteiger partial charge on any atom is 0.261 e. The average molecular weight is 453 g/mol. The first kappa shape index (κ1) is 23.3. The van der Waals surface area contributed by atoms with E-state index in [2.05, 4.69) is 10.0 Å². The molecule has 0 unspecified atom stereocenters. The Kier molecular flexibility index (Phi) is 7.20. The van der Waals surface area contributed by atoms with Crippen molar-refractivity contribution in [1.29, 1.82) is 0 Å². The van der Waals surface area contributed by atoms with E-state index < -0.39 is 10.0 Å². The molecule has 0 aromatic heterocycles. The van der Waals surface area contributed by atoms with Crippen molar-refractivity contribution < 1.29 is 17.9 Å². The van der Waals surface area contributed by atoms with Crippen molar-refractivity contribution in [3.8, 4) is 5.75 Å². The van der Waals surface area contributed by atoms with Crippen molar-refractivity contribution in [3.05, 3.63) is 88.5 Å². The molecule has 7 heteroatoms. The van der Waals surface area contributed by atoms with E-state index in [1.165, 1.54) is 24.3 Å². The molecule has 1 amide bonds. The van der Waals surface area contributed by atoms with Gasteiger partial charge in [0, 0.05) is 12.1 Å². The van der Waals surface area contributed by atoms with E-state index in [0.29, 0.717) is 24.2 Å². The SMILES string of the molecule is COc1ccc(C)cc1CCNC(=O)c1ccc(S(=O)(=O)Nc2cccc(C)c2C)cc1. The van der Waals surface area contributed by atoms with Gasteiger partial charge in [-0.05, 0) is 80.3 Å². The second kappa shape index (κ2) is 9.87. The number of hydrogen-bond acceptors (Lipinski definition) is 4. The number of hydrogen-bond donors (Lipinski definition) is 2. The summed E-state index contributed by atoms with van der Waals surface area (Å²) in [5.74, 6) is 0.527. The number of amides is 1. The Morgan fingerprint density at radius 3 is 2.38 bits per heavy atom. The van der Waals surface area contributed by atoms with Crippen molar-refractivity contribution in [2.24, 2.45) is 0 Å². The fourth-order valence-corrected chi connectivity index (χ4v) is 4.49. The molecule has 2 N–H and O–H groups in total. The highest BCUT2D eigenvalue weighted by Crippen LogP contribution is 2.22. The number of ether oxygens (including phenoxy) is 1. The molecule has 0 aliphatic carbocycles. The van der Waals surface area contributed by atoms with Gasteiger partial charge in [0.2, 0.25) is 0 Å². The molecule has 0 fully saturated rings. The third kappa shape index (κ3) is 5.48. The summed E-state index contributed by atoms with van der Waals surface area (Å²) in [6.45, 7) is 6.24. The summed E-state index contributed by atoms with van der Waals surface area (Å²) in [5, 5.41) is 2.87. The van der Waals surface area contributed by atoms with Crippen LogP contribution in [0.5, 0.6) is 5.75 Å². The van der Waals surface area contributed by atoms with Gasteiger partial charge in [-0.2, -0.15) is 0 Å². The maximum atomic E-state index is 12.7. The minimum Gasteiger partial charge on any atom is -0.496 e. The van der Waals surface area contributed by atoms with Crippen molar-refractivity contribution in [2.75, 3.05) is 18.4 Å². The van der Waals surface area contributed by atoms with E-state index in [0.717, 1.165) is 28.0 Å². The minimum atomic E-state index is -3.76. The van der Waals surface area contributed by atoms with Crippen LogP contribution in [-0.4, -0.2) is 28.0 Å². The summed E-state index contributed by atoms with van der Waals surface area (Å²) in [4.78, 5) is 12.6. The van der Waals surface area contributed by atoms with Crippen molar-refractivity contribution in [1.82, 2.24) is 5.32 Å². The third-order valence-corrected chi connectivity index (χ3v) is 6.77. The highest BCUT2D eigenvalue weighted by molar-refractivity contribution is 7.92. The zero-order valence-electron chi connectivity index (χ0n) is 18.7. The molecule has 0 aliphatic heterocycles. The van der Waals surface area contributed by atoms with Crippen LogP contribution in [0.1, 0.15) is 32.6 Å². The van der Waals surface area contributed by atoms with Crippen molar-refractivity contribution in [2.45, 2.75) is 32.1 Å². The molecule has 0 spiro atoms. The van der Waals surface area contributed by atoms with Gasteiger partial charge < -0.3 is 10.1 Å². The van der Waals surface area contributed by atoms with Gasteiger partial charge in [0.25, 0.3) is 15.9 Å². The van der Waals surface area contributed by atoms with Crippen LogP contribution in [0.15, 0.2) is 65.6 Å². The van der Waals surface area contributed by atoms with Crippen LogP contribution < -0.4 is 14.8 Å². The van der Waals surface area contributed by atoms with E-state index in [1.807, 2.05) is 45.0 Å². The van der Waals surface area contributed by atoms with E-state index in [-0.39, 0.29) is 10.8 Å². The zero-order chi connectivity index (χ0) is 23.3. The maximum absolute atomic E-state index is 12.7. The molecule has 3 rings (SSSR count). The fraction of sp³-hybridized carbons (Fsp3) is 0.240. The smallest absolute Gasteiger partial charge is 0.261 e. The van der Waals surface area contributed by atoms with Gasteiger partial charge in [-0.1, -0.05) is 29.8 Å². The first-order valence-electron chi connectivity index (χ1n) is 10.3. The van der Waals surface area contributed by atoms with Gasteiger partial charge >= 0.3 is 0 Å². The lowest BCUT2D eigenvalue weighted by Gasteiger charge is -2.13. The minimum absolute atomic E-state index is 0.0967. The largest absolute Gasteiger partial charge is 0.496 e. The third-order valence-electron chi connectivity index (χ3n) is 5.39. The molecule has 0 heterocycles. The highest BCUT2D eigenvalue weighted by Gasteiger charge is 2.16. The standard InChI is InChI=1S/C25H28N2O4S/c1-17-8-13-24(31-4)21(16-17)14-15-26-25(28)20-9-11-22(12-10-20)32(29,30)27-23-7-5-6-18(2)19(23)3/h5-13,16,27H,14-15H2,1-4H3,(H,26,28). The lowest BCUT2D eigenvalue weighted by molar-refractivity contribution is 0.0954. The van der Waals surface area contributed by atoms with Crippen LogP contribution in [0.2, 0.25) is 0 Å². The molecule has 6 nitrogen and oxygen atoms in total. The van der Waals surface area contributed by atoms with Gasteiger partial charge in [-0.15, -0.1) is 0 Å². The Morgan fingerprint density at radius 1 is 0.969 bits per heavy atom. The second-order valence-electron chi connectivity index (χ2n) is 7.70. The van der Waals surface area contributed by atoms with Crippen LogP contribution >= 0.6 is 0 Å². The number of methoxy groups -OCH3 is 1. The monoisotopic (exact) mass is 452 g/mol. The van der Waals surface area contributed by atoms with Gasteiger partial charge in [0.1, 0.15) is 5.75 Å². The summed E-state index contributed by atoms with van der Waals surface area (Å²) >= 11 is 0. The number of carbonyl (C=O) groups excluding carboxylic acids is 1. The van der Waals surface area contributed by atoms with Gasteiger partial charge in [-0.3, -0.25) is 9.52 Å². The van der Waals surface area contributed by atoms with E-state index in [4.69, 9.17) is 4.74 Å². The van der Waals surface area contributed by atoms with Crippen molar-refractivity contribution in [3.63, 3.8) is 0 Å². The van der Waals surface area contributed by atoms with Crippen LogP contribution in [0.25, 0.3) is 0 Å². The van der Waals surface area contributed by atoms with Crippen molar-refractivity contribution >= 4 is 21.6 Å². The molecule has 0 bridgehead atoms. The second-order valence-corrected chi connectivity index (χ2v) is 9.38. The Morgan fingerprint density at radius 2 is 1.69 bits per heavy atom. The highest BCUT2D eigenvalue weighted by atomic mass is 32.2. The summed E-state index contributed by atoms with van der Waals surface area (Å²) in [6.07, 6.45) is 0.628. The quantitative estimate of drug-likeness (QED) is 0.531. The number of benzene rings is 3. The van der Waals surface area contributed by atoms with E-state index in [9.17, 15) is 13.2 Å². The lowest BCUT2D eigenvalue weighted by Crippen LogP contribution is -2.26. The first-order chi connectivity index (χ1) is 15.2. The number of nitrogens with one attached hydrogen (secondary N) is 2. The normalized spacial score (nSPS) is 11.1. The van der Waals surface area contributed by atoms with Crippen LogP contribution in [0.4, 0.5) is 5.69 Å². The Labute approximate surface area is 189 Å². The van der Waals surface area contributed by atoms with Crippen LogP contribution in [-0.2, 0) is 16.4 Å². The van der Waals surface area contributed by atoms with Crippen LogP contribution in [0.3, 0.4) is 0 Å². The number of sulfonamides is 1. The molecule has 3 aromatic rings. The zero-order valence-corrected chi connectivity index (χ0v) is 19.5. The topological polar surface area (TPSA) is 84.5 Å². The molecule has 0 saturated carbocycles. The number of aryl methyl sites for hydroxylation is 2. The summed E-state index contributed by atoms with van der Waals surface area (Å²) in [6, 6.07) is 17.3. The molecule has 0 atom stereocenters. The Bertz CT molecular complexity index is 1220. The molecule has 32 heavy (non-hydrogen) atoms. The molecular weight excluding hydrogens is 424 g/mol. The number of rotatable bonds is 8. The van der Waals surface area contributed by atoms with Gasteiger partial charge in [-0.25, -0.2) is 8.42 Å². The van der Waals surface area contributed by atoms with Gasteiger partial charge in [0.15, 0.2) is 0 Å². The van der Waals surface area contributed by atoms with E-state index >= 15 is 0 Å². The molecule has 0 saturated heterocycles. The Balaban J connectivity index is 1.64. The molecular formula is C25H28N2O4S. The predicted molar refractivity (Wildman–Crippen MR) is 127 cm³/mol. The molecule has 0 aliphatic rings. The summed E-state index contributed by atoms with van der Waals surface area (Å²) in [7, 11) is -2.13. The van der Waals surface area contributed by atoms with E-state index in [1.54, 1.807) is 19.2 Å². The first-order valence-corrected chi connectivity index (χ1v) is 11.8. The lowest BCUT2D eigenvalue weighted by atomic mass is 10.1.